The Hall–Kier alpha value is -7.85. The zero-order chi connectivity index (χ0) is 65.2. The van der Waals surface area contributed by atoms with E-state index in [0.717, 1.165) is 13.8 Å². The van der Waals surface area contributed by atoms with Crippen molar-refractivity contribution in [1.82, 2.24) is 21.3 Å². The van der Waals surface area contributed by atoms with Gasteiger partial charge in [0.05, 0.1) is 29.6 Å². The van der Waals surface area contributed by atoms with Gasteiger partial charge >= 0.3 is 29.8 Å². The molecule has 7 rings (SSSR count). The highest BCUT2D eigenvalue weighted by atomic mass is 33.1. The molecule has 0 radical (unpaired) electrons. The van der Waals surface area contributed by atoms with E-state index in [1.165, 1.54) is 80.5 Å². The zero-order valence-electron chi connectivity index (χ0n) is 50.4. The molecule has 89 heavy (non-hydrogen) atoms. The molecular formula is C62H77N7O18S2. The molecule has 25 nitrogen and oxygen atoms in total. The van der Waals surface area contributed by atoms with Gasteiger partial charge in [0.2, 0.25) is 23.8 Å². The van der Waals surface area contributed by atoms with E-state index in [-0.39, 0.29) is 84.1 Å². The lowest BCUT2D eigenvalue weighted by molar-refractivity contribution is -0.346. The second kappa shape index (κ2) is 29.2. The van der Waals surface area contributed by atoms with Crippen LogP contribution in [-0.4, -0.2) is 160 Å². The Morgan fingerprint density at radius 2 is 1.43 bits per heavy atom. The smallest absolute Gasteiger partial charge is 0.350 e. The van der Waals surface area contributed by atoms with Gasteiger partial charge in [-0.3, -0.25) is 43.8 Å². The second-order valence-electron chi connectivity index (χ2n) is 23.2. The average Bonchev–Trinajstić information content (AvgIpc) is 0.673. The largest absolute Gasteiger partial charge is 0.455 e. The van der Waals surface area contributed by atoms with Crippen LogP contribution in [-0.2, 0) is 66.8 Å². The number of aliphatic hydroxyl groups is 2. The van der Waals surface area contributed by atoms with Crippen molar-refractivity contribution in [3.8, 4) is 0 Å². The summed E-state index contributed by atoms with van der Waals surface area (Å²) in [6.45, 7) is 9.17. The molecule has 2 bridgehead atoms. The van der Waals surface area contributed by atoms with Crippen LogP contribution in [0.15, 0.2) is 102 Å². The third kappa shape index (κ3) is 15.3. The number of rotatable bonds is 26. The van der Waals surface area contributed by atoms with Crippen LogP contribution in [0.25, 0.3) is 0 Å². The number of Topliss-reactive ketones (excluding diaryl/α,β-unsaturated/α-hetero) is 1. The van der Waals surface area contributed by atoms with Gasteiger partial charge in [-0.25, -0.2) is 9.59 Å². The Balaban J connectivity index is 1.23. The SMILES string of the molecule is CC(=O)N[C@H](CSSCCCC(=O)O[C@@H](C(=O)O[C@H]1C[C@@]2(O)[C@@H](OC(=O)c3ccccc3)[C@@H]3[C@]4(OC(C)=O)CO[C@@H]4C[C@H](O)[C@@]3(C)C(=O)[C@H](OC(C)=O)C(=C1C)C2(C)C)[C@@H](NC(=O)c1ccccc1)c1ccccc1)C(=O)N[C@H](CCCNC(=N)N)C(N)=O. The minimum Gasteiger partial charge on any atom is -0.455 e. The van der Waals surface area contributed by atoms with E-state index in [4.69, 9.17) is 45.3 Å². The van der Waals surface area contributed by atoms with E-state index in [2.05, 4.69) is 21.3 Å². The third-order valence-corrected chi connectivity index (χ3v) is 19.5. The molecule has 13 atom stereocenters. The lowest BCUT2D eigenvalue weighted by Crippen LogP contribution is -2.82. The normalized spacial score (nSPS) is 26.1. The first-order chi connectivity index (χ1) is 42.1. The number of fused-ring (bicyclic) bond motifs is 5. The lowest BCUT2D eigenvalue weighted by Gasteiger charge is -2.67. The van der Waals surface area contributed by atoms with Gasteiger partial charge in [-0.15, -0.1) is 0 Å². The van der Waals surface area contributed by atoms with Crippen LogP contribution in [0.1, 0.15) is 119 Å². The molecule has 3 aliphatic carbocycles. The molecule has 3 aromatic rings. The number of primary amides is 1. The van der Waals surface area contributed by atoms with Crippen molar-refractivity contribution in [2.75, 3.05) is 24.7 Å². The van der Waals surface area contributed by atoms with E-state index >= 15 is 9.59 Å². The fourth-order valence-electron chi connectivity index (χ4n) is 12.5. The molecule has 4 aliphatic rings. The van der Waals surface area contributed by atoms with Crippen molar-refractivity contribution >= 4 is 86.8 Å². The van der Waals surface area contributed by atoms with Gasteiger partial charge in [-0.2, -0.15) is 0 Å². The van der Waals surface area contributed by atoms with Crippen LogP contribution in [0.3, 0.4) is 0 Å². The summed E-state index contributed by atoms with van der Waals surface area (Å²) >= 11 is 0. The first-order valence-electron chi connectivity index (χ1n) is 29.0. The summed E-state index contributed by atoms with van der Waals surface area (Å²) in [5.74, 6) is -10.2. The van der Waals surface area contributed by atoms with Crippen molar-refractivity contribution in [1.29, 1.82) is 5.41 Å². The molecule has 1 aliphatic heterocycles. The second-order valence-corrected chi connectivity index (χ2v) is 25.9. The highest BCUT2D eigenvalue weighted by molar-refractivity contribution is 8.76. The van der Waals surface area contributed by atoms with E-state index in [0.29, 0.717) is 6.42 Å². The van der Waals surface area contributed by atoms with Crippen molar-refractivity contribution in [2.24, 2.45) is 28.2 Å². The maximum atomic E-state index is 15.9. The van der Waals surface area contributed by atoms with Gasteiger partial charge in [0.1, 0.15) is 42.0 Å². The van der Waals surface area contributed by atoms with Crippen LogP contribution >= 0.6 is 21.6 Å². The number of hydrogen-bond acceptors (Lipinski definition) is 21. The van der Waals surface area contributed by atoms with Gasteiger partial charge in [-0.1, -0.05) is 102 Å². The predicted octanol–water partition coefficient (Wildman–Crippen LogP) is 3.19. The number of benzene rings is 3. The number of hydrogen-bond donors (Lipinski definition) is 9. The van der Waals surface area contributed by atoms with Crippen LogP contribution in [0.5, 0.6) is 0 Å². The summed E-state index contributed by atoms with van der Waals surface area (Å²) in [5, 5.41) is 44.3. The van der Waals surface area contributed by atoms with Gasteiger partial charge in [0, 0.05) is 69.1 Å². The number of amides is 4. The summed E-state index contributed by atoms with van der Waals surface area (Å²) in [7, 11) is 2.41. The molecule has 3 fully saturated rings. The number of nitrogens with two attached hydrogens (primary N) is 2. The maximum absolute atomic E-state index is 15.9. The number of ether oxygens (including phenoxy) is 6. The Kier molecular flexibility index (Phi) is 22.5. The monoisotopic (exact) mass is 1270 g/mol. The van der Waals surface area contributed by atoms with Crippen LogP contribution in [0, 0.1) is 22.2 Å². The summed E-state index contributed by atoms with van der Waals surface area (Å²) in [5.41, 5.74) is 3.01. The Bertz CT molecular complexity index is 3190. The van der Waals surface area contributed by atoms with Crippen molar-refractivity contribution in [3.63, 3.8) is 0 Å². The van der Waals surface area contributed by atoms with Gasteiger partial charge in [0.25, 0.3) is 5.91 Å². The van der Waals surface area contributed by atoms with Crippen LogP contribution in [0.2, 0.25) is 0 Å². The summed E-state index contributed by atoms with van der Waals surface area (Å²) in [4.78, 5) is 139. The molecule has 4 amide bonds. The topological polar surface area (TPSA) is 391 Å². The molecule has 480 valence electrons. The quantitative estimate of drug-likeness (QED) is 0.0106. The molecule has 0 aromatic heterocycles. The molecule has 27 heteroatoms. The minimum atomic E-state index is -2.53. The molecule has 1 saturated heterocycles. The number of esters is 5. The molecule has 0 spiro atoms. The fourth-order valence-corrected chi connectivity index (χ4v) is 14.7. The molecule has 3 aromatic carbocycles. The zero-order valence-corrected chi connectivity index (χ0v) is 52.0. The fraction of sp³-hybridized carbons (Fsp3) is 0.500. The number of aliphatic hydroxyl groups excluding tert-OH is 1. The first kappa shape index (κ1) is 68.6. The van der Waals surface area contributed by atoms with Gasteiger partial charge < -0.3 is 71.4 Å². The standard InChI is InChI=1S/C62H77N7O18S2/c1-33-42(30-62(81)52(86-56(79)39-23-15-10-16-24-39)50-60(7,43(73)29-44-61(50,32-82-44)87-36(4)72)51(75)48(83-35(3)71)46(33)59(62,5)6)84-57(80)49(47(37-19-11-8-12-20-37)69-54(77)38-21-13-9-14-22-38)85-45(74)26-18-28-88-89-31-41(67-34(2)70)55(78)68-40(53(63)76)25-17-27-66-58(64)65/h8-16,19-24,40-44,47-50,52,73,81H,17-18,25-32H2,1-7H3,(H2,63,76)(H,67,70)(H,68,78)(H,69,77)(H4,64,65,66)/t40-,41-,42+,43+,44-,47+,48-,49-,50+,52+,60-,61+,62-/m1/s1. The summed E-state index contributed by atoms with van der Waals surface area (Å²) < 4.78 is 37.1. The molecule has 2 saturated carbocycles. The number of carbonyl (C=O) groups is 10. The average molecular weight is 1270 g/mol. The van der Waals surface area contributed by atoms with Crippen molar-refractivity contribution < 1.29 is 86.6 Å². The van der Waals surface area contributed by atoms with E-state index in [9.17, 15) is 48.6 Å². The molecule has 11 N–H and O–H groups in total. The third-order valence-electron chi connectivity index (χ3n) is 17.0. The first-order valence-corrected chi connectivity index (χ1v) is 31.5. The highest BCUT2D eigenvalue weighted by Gasteiger charge is 2.78. The van der Waals surface area contributed by atoms with E-state index in [1.54, 1.807) is 66.7 Å². The van der Waals surface area contributed by atoms with Gasteiger partial charge in [0.15, 0.2) is 23.4 Å². The summed E-state index contributed by atoms with van der Waals surface area (Å²) in [6, 6.07) is 20.1. The Morgan fingerprint density at radius 3 is 2.00 bits per heavy atom. The van der Waals surface area contributed by atoms with Crippen LogP contribution in [0.4, 0.5) is 0 Å². The van der Waals surface area contributed by atoms with E-state index < -0.39 is 148 Å². The van der Waals surface area contributed by atoms with Crippen molar-refractivity contribution in [2.45, 2.75) is 153 Å². The van der Waals surface area contributed by atoms with Crippen LogP contribution < -0.4 is 32.7 Å². The number of nitrogens with one attached hydrogen (secondary N) is 5. The highest BCUT2D eigenvalue weighted by Crippen LogP contribution is 2.64. The maximum Gasteiger partial charge on any atom is 0.350 e. The number of carbonyl (C=O) groups excluding carboxylic acids is 10. The van der Waals surface area contributed by atoms with E-state index in [1.807, 2.05) is 0 Å². The molecule has 1 heterocycles. The molecule has 0 unspecified atom stereocenters. The Morgan fingerprint density at radius 1 is 0.798 bits per heavy atom. The number of guanidine groups is 1. The van der Waals surface area contributed by atoms with Crippen molar-refractivity contribution in [3.05, 3.63) is 119 Å². The minimum absolute atomic E-state index is 0.0128. The molecular weight excluding hydrogens is 1190 g/mol. The number of ketones is 1. The predicted molar refractivity (Wildman–Crippen MR) is 324 cm³/mol. The summed E-state index contributed by atoms with van der Waals surface area (Å²) in [6.07, 6.45) is -10.9. The van der Waals surface area contributed by atoms with Gasteiger partial charge in [-0.05, 0) is 74.1 Å². The Labute approximate surface area is 522 Å². The lowest BCUT2D eigenvalue weighted by atomic mass is 9.44.